The number of carboxylic acid groups (broad SMARTS) is 1. The Bertz CT molecular complexity index is 1170. The van der Waals surface area contributed by atoms with Gasteiger partial charge in [-0.2, -0.15) is 0 Å². The Morgan fingerprint density at radius 1 is 1.07 bits per heavy atom. The van der Waals surface area contributed by atoms with E-state index in [2.05, 4.69) is 15.0 Å². The SMILES string of the molecule is COc1ncccc1-c1cccc(-c2nc3ccc(C(=O)O)cc3[nH]2)c1O. The number of aromatic nitrogens is 3. The number of benzene rings is 2. The van der Waals surface area contributed by atoms with Gasteiger partial charge in [0.25, 0.3) is 0 Å². The summed E-state index contributed by atoms with van der Waals surface area (Å²) < 4.78 is 5.28. The maximum atomic E-state index is 11.1. The number of phenolic OH excluding ortho intramolecular Hbond substituents is 1. The molecule has 27 heavy (non-hydrogen) atoms. The molecule has 0 saturated heterocycles. The molecule has 2 aromatic heterocycles. The molecule has 2 heterocycles. The van der Waals surface area contributed by atoms with Gasteiger partial charge < -0.3 is 19.9 Å². The molecule has 4 rings (SSSR count). The minimum Gasteiger partial charge on any atom is -0.507 e. The smallest absolute Gasteiger partial charge is 0.335 e. The van der Waals surface area contributed by atoms with Crippen LogP contribution in [0.3, 0.4) is 0 Å². The van der Waals surface area contributed by atoms with Gasteiger partial charge in [0, 0.05) is 17.3 Å². The monoisotopic (exact) mass is 361 g/mol. The summed E-state index contributed by atoms with van der Waals surface area (Å²) in [5.41, 5.74) is 3.06. The first-order valence-electron chi connectivity index (χ1n) is 8.13. The second-order valence-corrected chi connectivity index (χ2v) is 5.88. The average Bonchev–Trinajstić information content (AvgIpc) is 3.11. The highest BCUT2D eigenvalue weighted by molar-refractivity contribution is 5.93. The Hall–Kier alpha value is -3.87. The van der Waals surface area contributed by atoms with Crippen molar-refractivity contribution in [3.63, 3.8) is 0 Å². The van der Waals surface area contributed by atoms with Gasteiger partial charge in [-0.05, 0) is 36.4 Å². The van der Waals surface area contributed by atoms with Gasteiger partial charge in [0.15, 0.2) is 0 Å². The number of carboxylic acids is 1. The number of phenols is 1. The molecule has 0 fully saturated rings. The van der Waals surface area contributed by atoms with Crippen molar-refractivity contribution in [3.05, 3.63) is 60.3 Å². The van der Waals surface area contributed by atoms with Crippen LogP contribution in [0.4, 0.5) is 0 Å². The van der Waals surface area contributed by atoms with Crippen LogP contribution in [0.15, 0.2) is 54.7 Å². The van der Waals surface area contributed by atoms with Crippen molar-refractivity contribution in [2.24, 2.45) is 0 Å². The number of imidazole rings is 1. The third-order valence-electron chi connectivity index (χ3n) is 4.27. The highest BCUT2D eigenvalue weighted by atomic mass is 16.5. The molecular weight excluding hydrogens is 346 g/mol. The van der Waals surface area contributed by atoms with E-state index in [4.69, 9.17) is 9.84 Å². The quantitative estimate of drug-likeness (QED) is 0.511. The van der Waals surface area contributed by atoms with Crippen LogP contribution in [-0.4, -0.2) is 38.2 Å². The molecule has 7 nitrogen and oxygen atoms in total. The van der Waals surface area contributed by atoms with Gasteiger partial charge in [0.2, 0.25) is 5.88 Å². The van der Waals surface area contributed by atoms with E-state index in [1.807, 2.05) is 6.07 Å². The number of nitrogens with zero attached hydrogens (tertiary/aromatic N) is 2. The van der Waals surface area contributed by atoms with Crippen molar-refractivity contribution in [1.29, 1.82) is 0 Å². The van der Waals surface area contributed by atoms with Crippen molar-refractivity contribution < 1.29 is 19.7 Å². The molecule has 0 radical (unpaired) electrons. The van der Waals surface area contributed by atoms with Crippen LogP contribution in [0, 0.1) is 0 Å². The lowest BCUT2D eigenvalue weighted by molar-refractivity contribution is 0.0697. The molecule has 4 aromatic rings. The zero-order valence-corrected chi connectivity index (χ0v) is 14.3. The normalized spacial score (nSPS) is 10.9. The Morgan fingerprint density at radius 3 is 2.63 bits per heavy atom. The summed E-state index contributed by atoms with van der Waals surface area (Å²) in [6.45, 7) is 0. The fourth-order valence-corrected chi connectivity index (χ4v) is 2.98. The van der Waals surface area contributed by atoms with E-state index in [0.29, 0.717) is 39.4 Å². The van der Waals surface area contributed by atoms with Crippen LogP contribution < -0.4 is 4.74 Å². The maximum absolute atomic E-state index is 11.1. The molecule has 0 bridgehead atoms. The van der Waals surface area contributed by atoms with E-state index in [1.54, 1.807) is 36.5 Å². The summed E-state index contributed by atoms with van der Waals surface area (Å²) in [6, 6.07) is 13.5. The first kappa shape index (κ1) is 16.6. The van der Waals surface area contributed by atoms with Crippen LogP contribution in [0.1, 0.15) is 10.4 Å². The second kappa shape index (κ2) is 6.45. The first-order chi connectivity index (χ1) is 13.1. The molecule has 2 aromatic carbocycles. The number of hydrogen-bond acceptors (Lipinski definition) is 5. The van der Waals surface area contributed by atoms with Crippen molar-refractivity contribution in [3.8, 4) is 34.1 Å². The highest BCUT2D eigenvalue weighted by Gasteiger charge is 2.17. The number of fused-ring (bicyclic) bond motifs is 1. The number of aromatic hydroxyl groups is 1. The number of methoxy groups -OCH3 is 1. The number of ether oxygens (including phenoxy) is 1. The van der Waals surface area contributed by atoms with Crippen LogP contribution in [-0.2, 0) is 0 Å². The van der Waals surface area contributed by atoms with Crippen molar-refractivity contribution in [2.75, 3.05) is 7.11 Å². The molecule has 134 valence electrons. The largest absolute Gasteiger partial charge is 0.507 e. The van der Waals surface area contributed by atoms with Crippen molar-refractivity contribution >= 4 is 17.0 Å². The number of para-hydroxylation sites is 1. The van der Waals surface area contributed by atoms with Crippen LogP contribution in [0.2, 0.25) is 0 Å². The molecule has 7 heteroatoms. The van der Waals surface area contributed by atoms with Crippen molar-refractivity contribution in [1.82, 2.24) is 15.0 Å². The standard InChI is InChI=1S/C20H15N3O4/c1-27-19-13(6-3-9-21-19)12-4-2-5-14(17(12)24)18-22-15-8-7-11(20(25)26)10-16(15)23-18/h2-10,24H,1H3,(H,22,23)(H,25,26). The van der Waals surface area contributed by atoms with Gasteiger partial charge in [0.05, 0.1) is 29.3 Å². The van der Waals surface area contributed by atoms with Gasteiger partial charge in [-0.15, -0.1) is 0 Å². The van der Waals surface area contributed by atoms with E-state index in [0.717, 1.165) is 0 Å². The molecule has 0 saturated carbocycles. The van der Waals surface area contributed by atoms with E-state index in [-0.39, 0.29) is 11.3 Å². The number of nitrogens with one attached hydrogen (secondary N) is 1. The zero-order chi connectivity index (χ0) is 19.0. The summed E-state index contributed by atoms with van der Waals surface area (Å²) in [4.78, 5) is 22.9. The lowest BCUT2D eigenvalue weighted by Gasteiger charge is -2.11. The minimum absolute atomic E-state index is 0.0290. The van der Waals surface area contributed by atoms with Gasteiger partial charge >= 0.3 is 5.97 Å². The third-order valence-corrected chi connectivity index (χ3v) is 4.27. The number of aromatic amines is 1. The molecule has 0 amide bonds. The molecule has 3 N–H and O–H groups in total. The topological polar surface area (TPSA) is 108 Å². The molecule has 0 aliphatic rings. The number of hydrogen-bond donors (Lipinski definition) is 3. The van der Waals surface area contributed by atoms with Crippen LogP contribution in [0.25, 0.3) is 33.5 Å². The van der Waals surface area contributed by atoms with Crippen LogP contribution in [0.5, 0.6) is 11.6 Å². The molecule has 0 spiro atoms. The van der Waals surface area contributed by atoms with E-state index >= 15 is 0 Å². The van der Waals surface area contributed by atoms with Crippen molar-refractivity contribution in [2.45, 2.75) is 0 Å². The van der Waals surface area contributed by atoms with Gasteiger partial charge in [-0.25, -0.2) is 14.8 Å². The predicted octanol–water partition coefficient (Wildman–Crippen LogP) is 3.70. The fourth-order valence-electron chi connectivity index (χ4n) is 2.98. The lowest BCUT2D eigenvalue weighted by atomic mass is 10.0. The first-order valence-corrected chi connectivity index (χ1v) is 8.13. The molecule has 0 aliphatic carbocycles. The fraction of sp³-hybridized carbons (Fsp3) is 0.0500. The summed E-state index contributed by atoms with van der Waals surface area (Å²) >= 11 is 0. The summed E-state index contributed by atoms with van der Waals surface area (Å²) in [5.74, 6) is -0.140. The Balaban J connectivity index is 1.86. The highest BCUT2D eigenvalue weighted by Crippen LogP contribution is 2.40. The summed E-state index contributed by atoms with van der Waals surface area (Å²) in [7, 11) is 1.52. The number of rotatable bonds is 4. The van der Waals surface area contributed by atoms with Gasteiger partial charge in [0.1, 0.15) is 11.6 Å². The predicted molar refractivity (Wildman–Crippen MR) is 99.9 cm³/mol. The summed E-state index contributed by atoms with van der Waals surface area (Å²) in [6.07, 6.45) is 1.61. The van der Waals surface area contributed by atoms with Crippen LogP contribution >= 0.6 is 0 Å². The number of H-pyrrole nitrogens is 1. The average molecular weight is 361 g/mol. The number of aromatic carboxylic acids is 1. The molecule has 0 unspecified atom stereocenters. The third kappa shape index (κ3) is 2.85. The minimum atomic E-state index is -1.01. The molecule has 0 aliphatic heterocycles. The van der Waals surface area contributed by atoms with Gasteiger partial charge in [-0.1, -0.05) is 12.1 Å². The Labute approximate surface area is 153 Å². The Kier molecular flexibility index (Phi) is 3.97. The number of pyridine rings is 1. The van der Waals surface area contributed by atoms with E-state index < -0.39 is 5.97 Å². The Morgan fingerprint density at radius 2 is 1.85 bits per heavy atom. The lowest BCUT2D eigenvalue weighted by Crippen LogP contribution is -1.94. The van der Waals surface area contributed by atoms with E-state index in [1.165, 1.54) is 19.2 Å². The second-order valence-electron chi connectivity index (χ2n) is 5.88. The molecular formula is C20H15N3O4. The zero-order valence-electron chi connectivity index (χ0n) is 14.3. The maximum Gasteiger partial charge on any atom is 0.335 e. The molecule has 0 atom stereocenters. The number of carbonyl (C=O) groups is 1. The van der Waals surface area contributed by atoms with Gasteiger partial charge in [-0.3, -0.25) is 0 Å². The van der Waals surface area contributed by atoms with E-state index in [9.17, 15) is 9.90 Å². The summed E-state index contributed by atoms with van der Waals surface area (Å²) in [5, 5.41) is 20.0.